The summed E-state index contributed by atoms with van der Waals surface area (Å²) in [5.41, 5.74) is 1.73. The third-order valence-electron chi connectivity index (χ3n) is 3.37. The first-order chi connectivity index (χ1) is 9.29. The number of carbonyl (C=O) groups is 1. The number of anilines is 1. The van der Waals surface area contributed by atoms with E-state index in [2.05, 4.69) is 21.2 Å². The Balaban J connectivity index is 2.13. The van der Waals surface area contributed by atoms with Crippen molar-refractivity contribution in [3.63, 3.8) is 0 Å². The molecule has 2 rings (SSSR count). The van der Waals surface area contributed by atoms with Crippen LogP contribution >= 0.6 is 15.9 Å². The molecule has 0 saturated carbocycles. The molecule has 0 radical (unpaired) electrons. The molecule has 1 aliphatic rings. The van der Waals surface area contributed by atoms with Gasteiger partial charge in [-0.25, -0.2) is 8.42 Å². The van der Waals surface area contributed by atoms with Gasteiger partial charge in [0.05, 0.1) is 6.26 Å². The number of nitrogens with zero attached hydrogens (tertiary/aromatic N) is 1. The molecule has 7 heteroatoms. The van der Waals surface area contributed by atoms with E-state index >= 15 is 0 Å². The van der Waals surface area contributed by atoms with Crippen molar-refractivity contribution in [3.8, 4) is 0 Å². The summed E-state index contributed by atoms with van der Waals surface area (Å²) in [6, 6.07) is 4.90. The van der Waals surface area contributed by atoms with E-state index in [4.69, 9.17) is 0 Å². The van der Waals surface area contributed by atoms with Crippen LogP contribution in [-0.4, -0.2) is 37.5 Å². The number of carbonyl (C=O) groups excluding carboxylic acids is 1. The molecule has 20 heavy (non-hydrogen) atoms. The molecular formula is C13H17BrN2O3S. The molecule has 0 aromatic heterocycles. The maximum Gasteiger partial charge on any atom is 0.242 e. The highest BCUT2D eigenvalue weighted by Gasteiger charge is 2.36. The minimum atomic E-state index is -3.34. The van der Waals surface area contributed by atoms with Gasteiger partial charge in [-0.2, -0.15) is 4.31 Å². The van der Waals surface area contributed by atoms with Crippen LogP contribution in [0, 0.1) is 6.92 Å². The predicted molar refractivity (Wildman–Crippen MR) is 82.1 cm³/mol. The fraction of sp³-hybridized carbons (Fsp3) is 0.462. The zero-order valence-electron chi connectivity index (χ0n) is 11.4. The average Bonchev–Trinajstić information content (AvgIpc) is 2.83. The van der Waals surface area contributed by atoms with Gasteiger partial charge in [0, 0.05) is 16.7 Å². The monoisotopic (exact) mass is 360 g/mol. The highest BCUT2D eigenvalue weighted by molar-refractivity contribution is 9.10. The zero-order valence-corrected chi connectivity index (χ0v) is 13.8. The third kappa shape index (κ3) is 3.39. The lowest BCUT2D eigenvalue weighted by atomic mass is 10.2. The Hall–Kier alpha value is -0.920. The number of aryl methyl sites for hydroxylation is 1. The first-order valence-corrected chi connectivity index (χ1v) is 8.97. The van der Waals surface area contributed by atoms with Gasteiger partial charge in [0.15, 0.2) is 0 Å². The molecule has 1 aromatic rings. The Labute approximate surface area is 127 Å². The molecule has 1 atom stereocenters. The van der Waals surface area contributed by atoms with Crippen molar-refractivity contribution in [3.05, 3.63) is 28.2 Å². The number of rotatable bonds is 3. The first-order valence-electron chi connectivity index (χ1n) is 6.33. The van der Waals surface area contributed by atoms with Gasteiger partial charge in [0.25, 0.3) is 0 Å². The van der Waals surface area contributed by atoms with Crippen LogP contribution in [0.25, 0.3) is 0 Å². The second kappa shape index (κ2) is 5.83. The summed E-state index contributed by atoms with van der Waals surface area (Å²) < 4.78 is 25.4. The zero-order chi connectivity index (χ0) is 14.9. The lowest BCUT2D eigenvalue weighted by Crippen LogP contribution is -2.42. The number of halogens is 1. The maximum absolute atomic E-state index is 12.2. The fourth-order valence-electron chi connectivity index (χ4n) is 2.30. The van der Waals surface area contributed by atoms with Crippen LogP contribution in [0.3, 0.4) is 0 Å². The van der Waals surface area contributed by atoms with E-state index in [9.17, 15) is 13.2 Å². The Kier molecular flexibility index (Phi) is 4.51. The van der Waals surface area contributed by atoms with E-state index < -0.39 is 16.1 Å². The van der Waals surface area contributed by atoms with Crippen LogP contribution in [0.2, 0.25) is 0 Å². The van der Waals surface area contributed by atoms with Crippen molar-refractivity contribution < 1.29 is 13.2 Å². The minimum absolute atomic E-state index is 0.274. The van der Waals surface area contributed by atoms with E-state index in [1.54, 1.807) is 6.07 Å². The van der Waals surface area contributed by atoms with Gasteiger partial charge in [-0.05, 0) is 37.5 Å². The van der Waals surface area contributed by atoms with Crippen LogP contribution in [-0.2, 0) is 14.8 Å². The number of hydrogen-bond acceptors (Lipinski definition) is 3. The number of hydrogen-bond donors (Lipinski definition) is 1. The first kappa shape index (κ1) is 15.5. The molecular weight excluding hydrogens is 344 g/mol. The molecule has 1 unspecified atom stereocenters. The molecule has 1 aromatic carbocycles. The average molecular weight is 361 g/mol. The van der Waals surface area contributed by atoms with E-state index in [1.165, 1.54) is 4.31 Å². The molecule has 1 aliphatic heterocycles. The van der Waals surface area contributed by atoms with Crippen LogP contribution in [0.1, 0.15) is 18.4 Å². The third-order valence-corrected chi connectivity index (χ3v) is 5.52. The van der Waals surface area contributed by atoms with E-state index in [1.807, 2.05) is 19.1 Å². The van der Waals surface area contributed by atoms with Gasteiger partial charge in [0.2, 0.25) is 15.9 Å². The summed E-state index contributed by atoms with van der Waals surface area (Å²) in [7, 11) is -3.34. The SMILES string of the molecule is Cc1ccc(NC(=O)C2CCCN2S(C)(=O)=O)cc1Br. The molecule has 0 bridgehead atoms. The van der Waals surface area contributed by atoms with E-state index in [0.29, 0.717) is 25.1 Å². The molecule has 5 nitrogen and oxygen atoms in total. The molecule has 1 heterocycles. The lowest BCUT2D eigenvalue weighted by Gasteiger charge is -2.21. The lowest BCUT2D eigenvalue weighted by molar-refractivity contribution is -0.119. The van der Waals surface area contributed by atoms with E-state index in [-0.39, 0.29) is 5.91 Å². The quantitative estimate of drug-likeness (QED) is 0.897. The maximum atomic E-state index is 12.2. The highest BCUT2D eigenvalue weighted by Crippen LogP contribution is 2.24. The molecule has 1 saturated heterocycles. The Morgan fingerprint density at radius 3 is 2.75 bits per heavy atom. The van der Waals surface area contributed by atoms with Crippen molar-refractivity contribution in [2.24, 2.45) is 0 Å². The normalized spacial score (nSPS) is 20.1. The Bertz CT molecular complexity index is 631. The summed E-state index contributed by atoms with van der Waals surface area (Å²) >= 11 is 3.41. The fourth-order valence-corrected chi connectivity index (χ4v) is 3.80. The molecule has 1 N–H and O–H groups in total. The van der Waals surface area contributed by atoms with Crippen LogP contribution in [0.4, 0.5) is 5.69 Å². The predicted octanol–water partition coefficient (Wildman–Crippen LogP) is 2.12. The molecule has 1 amide bonds. The van der Waals surface area contributed by atoms with Crippen molar-refractivity contribution in [1.82, 2.24) is 4.31 Å². The van der Waals surface area contributed by atoms with E-state index in [0.717, 1.165) is 16.3 Å². The molecule has 110 valence electrons. The summed E-state index contributed by atoms with van der Waals surface area (Å²) in [5, 5.41) is 2.78. The van der Waals surface area contributed by atoms with Gasteiger partial charge in [-0.15, -0.1) is 0 Å². The van der Waals surface area contributed by atoms with Crippen molar-refractivity contribution in [2.45, 2.75) is 25.8 Å². The summed E-state index contributed by atoms with van der Waals surface area (Å²) in [4.78, 5) is 12.2. The van der Waals surface area contributed by atoms with Gasteiger partial charge in [-0.3, -0.25) is 4.79 Å². The topological polar surface area (TPSA) is 66.5 Å². The molecule has 1 fully saturated rings. The second-order valence-electron chi connectivity index (χ2n) is 4.98. The van der Waals surface area contributed by atoms with Crippen LogP contribution < -0.4 is 5.32 Å². The van der Waals surface area contributed by atoms with Crippen LogP contribution in [0.5, 0.6) is 0 Å². The van der Waals surface area contributed by atoms with Gasteiger partial charge in [-0.1, -0.05) is 22.0 Å². The van der Waals surface area contributed by atoms with Gasteiger partial charge in [0.1, 0.15) is 6.04 Å². The Morgan fingerprint density at radius 2 is 2.15 bits per heavy atom. The smallest absolute Gasteiger partial charge is 0.242 e. The summed E-state index contributed by atoms with van der Waals surface area (Å²) in [5.74, 6) is -0.274. The second-order valence-corrected chi connectivity index (χ2v) is 7.77. The van der Waals surface area contributed by atoms with Gasteiger partial charge < -0.3 is 5.32 Å². The number of benzene rings is 1. The highest BCUT2D eigenvalue weighted by atomic mass is 79.9. The minimum Gasteiger partial charge on any atom is -0.325 e. The largest absolute Gasteiger partial charge is 0.325 e. The number of sulfonamides is 1. The van der Waals surface area contributed by atoms with Crippen molar-refractivity contribution in [1.29, 1.82) is 0 Å². The van der Waals surface area contributed by atoms with Gasteiger partial charge >= 0.3 is 0 Å². The number of nitrogens with one attached hydrogen (secondary N) is 1. The molecule has 0 aliphatic carbocycles. The van der Waals surface area contributed by atoms with Crippen LogP contribution in [0.15, 0.2) is 22.7 Å². The molecule has 0 spiro atoms. The standard InChI is InChI=1S/C13H17BrN2O3S/c1-9-5-6-10(8-11(9)14)15-13(17)12-4-3-7-16(12)20(2,18)19/h5-6,8,12H,3-4,7H2,1-2H3,(H,15,17). The Morgan fingerprint density at radius 1 is 1.45 bits per heavy atom. The number of amides is 1. The summed E-state index contributed by atoms with van der Waals surface area (Å²) in [6.45, 7) is 2.37. The summed E-state index contributed by atoms with van der Waals surface area (Å²) in [6.07, 6.45) is 2.41. The van der Waals surface area contributed by atoms with Crippen molar-refractivity contribution in [2.75, 3.05) is 18.1 Å². The van der Waals surface area contributed by atoms with Crippen molar-refractivity contribution >= 4 is 37.5 Å².